The Kier molecular flexibility index (Phi) is 8.98. The second-order valence-corrected chi connectivity index (χ2v) is 5.22. The van der Waals surface area contributed by atoms with Gasteiger partial charge in [-0.1, -0.05) is 13.3 Å². The monoisotopic (exact) mass is 309 g/mol. The summed E-state index contributed by atoms with van der Waals surface area (Å²) < 4.78 is 11.0. The largest absolute Gasteiger partial charge is 0.473 e. The molecule has 0 unspecified atom stereocenters. The standard InChI is InChI=1S/C16H27N3O3/c1-4-5-11-21-12-7-10-18-16(20)19-14-8-6-9-17-15(14)22-13(2)3/h6,8-9,13H,4-5,7,10-12H2,1-3H3,(H2,18,19,20). The molecule has 0 saturated heterocycles. The Morgan fingerprint density at radius 1 is 1.32 bits per heavy atom. The quantitative estimate of drug-likeness (QED) is 0.651. The number of hydrogen-bond donors (Lipinski definition) is 2. The summed E-state index contributed by atoms with van der Waals surface area (Å²) in [4.78, 5) is 16.0. The van der Waals surface area contributed by atoms with Crippen molar-refractivity contribution in [3.8, 4) is 5.88 Å². The Bertz CT molecular complexity index is 438. The first kappa shape index (κ1) is 18.2. The van der Waals surface area contributed by atoms with Crippen LogP contribution in [-0.2, 0) is 4.74 Å². The first-order valence-electron chi connectivity index (χ1n) is 7.87. The van der Waals surface area contributed by atoms with Crippen LogP contribution in [-0.4, -0.2) is 36.9 Å². The van der Waals surface area contributed by atoms with Crippen molar-refractivity contribution in [2.45, 2.75) is 46.1 Å². The Morgan fingerprint density at radius 3 is 2.82 bits per heavy atom. The average molecular weight is 309 g/mol. The second-order valence-electron chi connectivity index (χ2n) is 5.22. The van der Waals surface area contributed by atoms with E-state index >= 15 is 0 Å². The highest BCUT2D eigenvalue weighted by Gasteiger charge is 2.09. The van der Waals surface area contributed by atoms with Crippen molar-refractivity contribution in [1.29, 1.82) is 0 Å². The van der Waals surface area contributed by atoms with Crippen LogP contribution in [0.2, 0.25) is 0 Å². The number of ether oxygens (including phenoxy) is 2. The number of nitrogens with one attached hydrogen (secondary N) is 2. The molecule has 0 radical (unpaired) electrons. The molecule has 0 bridgehead atoms. The summed E-state index contributed by atoms with van der Waals surface area (Å²) in [6, 6.07) is 3.25. The van der Waals surface area contributed by atoms with Crippen molar-refractivity contribution in [2.24, 2.45) is 0 Å². The van der Waals surface area contributed by atoms with Gasteiger partial charge in [-0.2, -0.15) is 0 Å². The van der Waals surface area contributed by atoms with E-state index in [-0.39, 0.29) is 12.1 Å². The van der Waals surface area contributed by atoms with E-state index in [4.69, 9.17) is 9.47 Å². The first-order chi connectivity index (χ1) is 10.6. The van der Waals surface area contributed by atoms with Gasteiger partial charge in [-0.05, 0) is 38.8 Å². The van der Waals surface area contributed by atoms with Crippen molar-refractivity contribution in [2.75, 3.05) is 25.1 Å². The van der Waals surface area contributed by atoms with Gasteiger partial charge in [0.2, 0.25) is 5.88 Å². The SMILES string of the molecule is CCCCOCCCNC(=O)Nc1cccnc1OC(C)C. The van der Waals surface area contributed by atoms with Gasteiger partial charge in [0.1, 0.15) is 5.69 Å². The number of nitrogens with zero attached hydrogens (tertiary/aromatic N) is 1. The van der Waals surface area contributed by atoms with E-state index in [0.717, 1.165) is 25.9 Å². The number of urea groups is 1. The Hall–Kier alpha value is -1.82. The smallest absolute Gasteiger partial charge is 0.319 e. The van der Waals surface area contributed by atoms with E-state index in [1.807, 2.05) is 13.8 Å². The maximum absolute atomic E-state index is 11.8. The van der Waals surface area contributed by atoms with Gasteiger partial charge in [-0.3, -0.25) is 0 Å². The topological polar surface area (TPSA) is 72.5 Å². The van der Waals surface area contributed by atoms with E-state index in [0.29, 0.717) is 24.7 Å². The molecule has 2 amide bonds. The van der Waals surface area contributed by atoms with Crippen molar-refractivity contribution in [1.82, 2.24) is 10.3 Å². The molecule has 0 aliphatic carbocycles. The van der Waals surface area contributed by atoms with Crippen molar-refractivity contribution < 1.29 is 14.3 Å². The molecule has 124 valence electrons. The summed E-state index contributed by atoms with van der Waals surface area (Å²) in [5.41, 5.74) is 0.563. The molecule has 0 saturated carbocycles. The molecule has 0 aliphatic rings. The van der Waals surface area contributed by atoms with Gasteiger partial charge < -0.3 is 20.1 Å². The Labute approximate surface area is 132 Å². The molecule has 6 nitrogen and oxygen atoms in total. The molecular weight excluding hydrogens is 282 g/mol. The number of hydrogen-bond acceptors (Lipinski definition) is 4. The molecule has 22 heavy (non-hydrogen) atoms. The lowest BCUT2D eigenvalue weighted by Gasteiger charge is -2.13. The fraction of sp³-hybridized carbons (Fsp3) is 0.625. The zero-order valence-corrected chi connectivity index (χ0v) is 13.7. The molecule has 1 heterocycles. The molecule has 0 spiro atoms. The van der Waals surface area contributed by atoms with Crippen molar-refractivity contribution in [3.05, 3.63) is 18.3 Å². The lowest BCUT2D eigenvalue weighted by atomic mass is 10.3. The number of carbonyl (C=O) groups is 1. The van der Waals surface area contributed by atoms with Gasteiger partial charge in [0.15, 0.2) is 0 Å². The minimum atomic E-state index is -0.268. The fourth-order valence-corrected chi connectivity index (χ4v) is 1.69. The zero-order chi connectivity index (χ0) is 16.2. The number of rotatable bonds is 10. The summed E-state index contributed by atoms with van der Waals surface area (Å²) in [6.45, 7) is 7.97. The molecular formula is C16H27N3O3. The molecule has 6 heteroatoms. The number of pyridine rings is 1. The minimum absolute atomic E-state index is 0.00113. The van der Waals surface area contributed by atoms with Crippen molar-refractivity contribution >= 4 is 11.7 Å². The van der Waals surface area contributed by atoms with Crippen LogP contribution in [0.25, 0.3) is 0 Å². The van der Waals surface area contributed by atoms with Crippen LogP contribution in [0.5, 0.6) is 5.88 Å². The second kappa shape index (κ2) is 10.8. The van der Waals surface area contributed by atoms with Crippen LogP contribution < -0.4 is 15.4 Å². The maximum Gasteiger partial charge on any atom is 0.319 e. The first-order valence-corrected chi connectivity index (χ1v) is 7.87. The molecule has 0 fully saturated rings. The highest BCUT2D eigenvalue weighted by Crippen LogP contribution is 2.21. The van der Waals surface area contributed by atoms with Gasteiger partial charge in [-0.25, -0.2) is 9.78 Å². The third-order valence-corrected chi connectivity index (χ3v) is 2.76. The predicted octanol–water partition coefficient (Wildman–Crippen LogP) is 3.20. The molecule has 0 aliphatic heterocycles. The molecule has 1 aromatic heterocycles. The van der Waals surface area contributed by atoms with E-state index in [9.17, 15) is 4.79 Å². The van der Waals surface area contributed by atoms with E-state index in [1.165, 1.54) is 0 Å². The van der Waals surface area contributed by atoms with Crippen LogP contribution in [0, 0.1) is 0 Å². The maximum atomic E-state index is 11.8. The van der Waals surface area contributed by atoms with Crippen LogP contribution in [0.1, 0.15) is 40.0 Å². The molecule has 0 atom stereocenters. The number of amides is 2. The van der Waals surface area contributed by atoms with Crippen LogP contribution in [0.15, 0.2) is 18.3 Å². The van der Waals surface area contributed by atoms with Crippen LogP contribution in [0.3, 0.4) is 0 Å². The summed E-state index contributed by atoms with van der Waals surface area (Å²) in [7, 11) is 0. The minimum Gasteiger partial charge on any atom is -0.473 e. The summed E-state index contributed by atoms with van der Waals surface area (Å²) in [5.74, 6) is 0.426. The number of anilines is 1. The number of aromatic nitrogens is 1. The number of carbonyl (C=O) groups excluding carboxylic acids is 1. The van der Waals surface area contributed by atoms with Crippen molar-refractivity contribution in [3.63, 3.8) is 0 Å². The summed E-state index contributed by atoms with van der Waals surface area (Å²) in [6.07, 6.45) is 4.63. The van der Waals surface area contributed by atoms with Gasteiger partial charge >= 0.3 is 6.03 Å². The fourth-order valence-electron chi connectivity index (χ4n) is 1.69. The number of unbranched alkanes of at least 4 members (excludes halogenated alkanes) is 1. The summed E-state index contributed by atoms with van der Waals surface area (Å²) >= 11 is 0. The lowest BCUT2D eigenvalue weighted by molar-refractivity contribution is 0.129. The van der Waals surface area contributed by atoms with E-state index < -0.39 is 0 Å². The third-order valence-electron chi connectivity index (χ3n) is 2.76. The van der Waals surface area contributed by atoms with Gasteiger partial charge in [0.05, 0.1) is 6.10 Å². The normalized spacial score (nSPS) is 10.5. The van der Waals surface area contributed by atoms with Gasteiger partial charge in [0, 0.05) is 26.0 Å². The van der Waals surface area contributed by atoms with Gasteiger partial charge in [0.25, 0.3) is 0 Å². The highest BCUT2D eigenvalue weighted by molar-refractivity contribution is 5.90. The van der Waals surface area contributed by atoms with Crippen LogP contribution >= 0.6 is 0 Å². The highest BCUT2D eigenvalue weighted by atomic mass is 16.5. The molecule has 1 rings (SSSR count). The Balaban J connectivity index is 2.27. The molecule has 0 aromatic carbocycles. The zero-order valence-electron chi connectivity index (χ0n) is 13.7. The van der Waals surface area contributed by atoms with Crippen LogP contribution in [0.4, 0.5) is 10.5 Å². The van der Waals surface area contributed by atoms with Gasteiger partial charge in [-0.15, -0.1) is 0 Å². The molecule has 1 aromatic rings. The third kappa shape index (κ3) is 7.83. The van der Waals surface area contributed by atoms with E-state index in [2.05, 4.69) is 22.5 Å². The average Bonchev–Trinajstić information content (AvgIpc) is 2.48. The Morgan fingerprint density at radius 2 is 2.09 bits per heavy atom. The van der Waals surface area contributed by atoms with E-state index in [1.54, 1.807) is 18.3 Å². The lowest BCUT2D eigenvalue weighted by Crippen LogP contribution is -2.30. The predicted molar refractivity (Wildman–Crippen MR) is 87.4 cm³/mol. The summed E-state index contributed by atoms with van der Waals surface area (Å²) in [5, 5.41) is 5.54. The molecule has 2 N–H and O–H groups in total.